The van der Waals surface area contributed by atoms with Crippen LogP contribution in [0.5, 0.6) is 0 Å². The van der Waals surface area contributed by atoms with Gasteiger partial charge >= 0.3 is 5.97 Å². The van der Waals surface area contributed by atoms with Gasteiger partial charge in [0, 0.05) is 12.0 Å². The number of hydrogen-bond acceptors (Lipinski definition) is 6. The van der Waals surface area contributed by atoms with Crippen LogP contribution in [0.1, 0.15) is 32.4 Å². The van der Waals surface area contributed by atoms with E-state index in [9.17, 15) is 9.59 Å². The topological polar surface area (TPSA) is 77.5 Å². The molecule has 1 N–H and O–H groups in total. The molecule has 0 bridgehead atoms. The molecule has 0 atom stereocenters. The second-order valence-electron chi connectivity index (χ2n) is 4.04. The van der Waals surface area contributed by atoms with Crippen LogP contribution in [-0.4, -0.2) is 36.7 Å². The molecule has 0 spiro atoms. The summed E-state index contributed by atoms with van der Waals surface area (Å²) in [6.45, 7) is 5.19. The zero-order valence-electron chi connectivity index (χ0n) is 11.8. The summed E-state index contributed by atoms with van der Waals surface area (Å²) in [7, 11) is 0. The van der Waals surface area contributed by atoms with Gasteiger partial charge in [-0.2, -0.15) is 0 Å². The van der Waals surface area contributed by atoms with E-state index < -0.39 is 0 Å². The Morgan fingerprint density at radius 3 is 2.85 bits per heavy atom. The molecule has 6 nitrogen and oxygen atoms in total. The van der Waals surface area contributed by atoms with Crippen molar-refractivity contribution < 1.29 is 19.1 Å². The summed E-state index contributed by atoms with van der Waals surface area (Å²) in [6, 6.07) is 0. The van der Waals surface area contributed by atoms with E-state index in [1.54, 1.807) is 12.3 Å². The zero-order chi connectivity index (χ0) is 14.8. The first-order valence-corrected chi connectivity index (χ1v) is 7.51. The first-order valence-electron chi connectivity index (χ1n) is 6.63. The van der Waals surface area contributed by atoms with Gasteiger partial charge in [0.15, 0.2) is 5.13 Å². The van der Waals surface area contributed by atoms with Gasteiger partial charge in [0.1, 0.15) is 0 Å². The fourth-order valence-corrected chi connectivity index (χ4v) is 2.12. The summed E-state index contributed by atoms with van der Waals surface area (Å²) in [5.41, 5.74) is 0.603. The van der Waals surface area contributed by atoms with Crippen LogP contribution < -0.4 is 5.32 Å². The van der Waals surface area contributed by atoms with E-state index in [4.69, 9.17) is 9.47 Å². The van der Waals surface area contributed by atoms with E-state index in [0.717, 1.165) is 6.42 Å². The quantitative estimate of drug-likeness (QED) is 0.557. The van der Waals surface area contributed by atoms with Gasteiger partial charge in [-0.1, -0.05) is 6.92 Å². The normalized spacial score (nSPS) is 10.3. The Morgan fingerprint density at radius 1 is 1.35 bits per heavy atom. The molecule has 7 heteroatoms. The Balaban J connectivity index is 2.32. The van der Waals surface area contributed by atoms with Crippen LogP contribution in [0.2, 0.25) is 0 Å². The predicted octanol–water partition coefficient (Wildman–Crippen LogP) is 2.00. The molecule has 1 heterocycles. The molecule has 0 aliphatic heterocycles. The van der Waals surface area contributed by atoms with Crippen LogP contribution in [0.3, 0.4) is 0 Å². The van der Waals surface area contributed by atoms with Crippen LogP contribution >= 0.6 is 11.3 Å². The number of amides is 1. The van der Waals surface area contributed by atoms with E-state index in [0.29, 0.717) is 37.1 Å². The molecule has 1 aromatic heterocycles. The second-order valence-corrected chi connectivity index (χ2v) is 4.89. The number of nitrogens with one attached hydrogen (secondary N) is 1. The Labute approximate surface area is 122 Å². The molecule has 112 valence electrons. The van der Waals surface area contributed by atoms with Gasteiger partial charge in [-0.3, -0.25) is 9.59 Å². The van der Waals surface area contributed by atoms with Crippen LogP contribution in [0.25, 0.3) is 0 Å². The van der Waals surface area contributed by atoms with E-state index in [-0.39, 0.29) is 18.3 Å². The predicted molar refractivity (Wildman–Crippen MR) is 76.8 cm³/mol. The minimum Gasteiger partial charge on any atom is -0.466 e. The van der Waals surface area contributed by atoms with Crippen molar-refractivity contribution in [1.29, 1.82) is 0 Å². The molecule has 0 unspecified atom stereocenters. The molecular weight excluding hydrogens is 280 g/mol. The summed E-state index contributed by atoms with van der Waals surface area (Å²) in [5, 5.41) is 4.91. The van der Waals surface area contributed by atoms with Crippen LogP contribution in [0.15, 0.2) is 5.38 Å². The summed E-state index contributed by atoms with van der Waals surface area (Å²) in [5.74, 6) is -0.457. The lowest BCUT2D eigenvalue weighted by atomic mass is 10.3. The standard InChI is InChI=1S/C13H20N2O4S/c1-3-6-18-7-5-11(16)15-13-14-10(9-20-13)8-12(17)19-4-2/h9H,3-8H2,1-2H3,(H,14,15,16). The molecule has 0 saturated heterocycles. The highest BCUT2D eigenvalue weighted by Crippen LogP contribution is 2.16. The Morgan fingerprint density at radius 2 is 2.15 bits per heavy atom. The lowest BCUT2D eigenvalue weighted by Crippen LogP contribution is -2.14. The zero-order valence-corrected chi connectivity index (χ0v) is 12.6. The number of hydrogen-bond donors (Lipinski definition) is 1. The number of ether oxygens (including phenoxy) is 2. The summed E-state index contributed by atoms with van der Waals surface area (Å²) in [6.07, 6.45) is 1.36. The lowest BCUT2D eigenvalue weighted by Gasteiger charge is -2.02. The molecule has 0 aliphatic rings. The maximum absolute atomic E-state index is 11.6. The molecule has 0 aliphatic carbocycles. The van der Waals surface area contributed by atoms with Gasteiger partial charge in [0.25, 0.3) is 0 Å². The van der Waals surface area contributed by atoms with Gasteiger partial charge in [-0.15, -0.1) is 11.3 Å². The molecule has 20 heavy (non-hydrogen) atoms. The largest absolute Gasteiger partial charge is 0.466 e. The van der Waals surface area contributed by atoms with Crippen molar-refractivity contribution in [2.75, 3.05) is 25.1 Å². The third-order valence-electron chi connectivity index (χ3n) is 2.25. The highest BCUT2D eigenvalue weighted by molar-refractivity contribution is 7.13. The van der Waals surface area contributed by atoms with E-state index in [1.807, 2.05) is 6.92 Å². The van der Waals surface area contributed by atoms with Crippen molar-refractivity contribution in [3.63, 3.8) is 0 Å². The highest BCUT2D eigenvalue weighted by Gasteiger charge is 2.10. The average Bonchev–Trinajstić information content (AvgIpc) is 2.82. The molecule has 0 aromatic carbocycles. The average molecular weight is 300 g/mol. The molecule has 1 aromatic rings. The molecule has 0 saturated carbocycles. The number of thiazole rings is 1. The third kappa shape index (κ3) is 6.63. The first-order chi connectivity index (χ1) is 9.65. The maximum Gasteiger partial charge on any atom is 0.311 e. The van der Waals surface area contributed by atoms with Crippen molar-refractivity contribution in [3.05, 3.63) is 11.1 Å². The van der Waals surface area contributed by atoms with Crippen molar-refractivity contribution >= 4 is 28.3 Å². The molecule has 1 rings (SSSR count). The fraction of sp³-hybridized carbons (Fsp3) is 0.615. The second kappa shape index (κ2) is 9.44. The number of aromatic nitrogens is 1. The SMILES string of the molecule is CCCOCCC(=O)Nc1nc(CC(=O)OCC)cs1. The van der Waals surface area contributed by atoms with Crippen LogP contribution in [0.4, 0.5) is 5.13 Å². The number of anilines is 1. The summed E-state index contributed by atoms with van der Waals surface area (Å²) >= 11 is 1.29. The Kier molecular flexibility index (Phi) is 7.82. The first kappa shape index (κ1) is 16.6. The molecule has 0 fully saturated rings. The maximum atomic E-state index is 11.6. The monoisotopic (exact) mass is 300 g/mol. The number of carbonyl (C=O) groups excluding carboxylic acids is 2. The van der Waals surface area contributed by atoms with Crippen molar-refractivity contribution in [2.45, 2.75) is 33.1 Å². The number of esters is 1. The molecule has 0 radical (unpaired) electrons. The minimum atomic E-state index is -0.316. The number of carbonyl (C=O) groups is 2. The van der Waals surface area contributed by atoms with Crippen molar-refractivity contribution in [2.24, 2.45) is 0 Å². The fourth-order valence-electron chi connectivity index (χ4n) is 1.40. The lowest BCUT2D eigenvalue weighted by molar-refractivity contribution is -0.142. The minimum absolute atomic E-state index is 0.125. The van der Waals surface area contributed by atoms with E-state index in [2.05, 4.69) is 10.3 Å². The Hall–Kier alpha value is -1.47. The summed E-state index contributed by atoms with van der Waals surface area (Å²) in [4.78, 5) is 27.0. The number of rotatable bonds is 9. The van der Waals surface area contributed by atoms with E-state index >= 15 is 0 Å². The molecule has 1 amide bonds. The van der Waals surface area contributed by atoms with Gasteiger partial charge in [0.05, 0.1) is 31.7 Å². The van der Waals surface area contributed by atoms with Crippen LogP contribution in [0, 0.1) is 0 Å². The smallest absolute Gasteiger partial charge is 0.311 e. The van der Waals surface area contributed by atoms with Gasteiger partial charge in [-0.05, 0) is 13.3 Å². The van der Waals surface area contributed by atoms with Crippen molar-refractivity contribution in [3.8, 4) is 0 Å². The van der Waals surface area contributed by atoms with Crippen molar-refractivity contribution in [1.82, 2.24) is 4.98 Å². The van der Waals surface area contributed by atoms with E-state index in [1.165, 1.54) is 11.3 Å². The Bertz CT molecular complexity index is 434. The highest BCUT2D eigenvalue weighted by atomic mass is 32.1. The number of nitrogens with zero attached hydrogens (tertiary/aromatic N) is 1. The van der Waals surface area contributed by atoms with Gasteiger partial charge in [-0.25, -0.2) is 4.98 Å². The van der Waals surface area contributed by atoms with Gasteiger partial charge in [0.2, 0.25) is 5.91 Å². The third-order valence-corrected chi connectivity index (χ3v) is 3.06. The molecular formula is C13H20N2O4S. The summed E-state index contributed by atoms with van der Waals surface area (Å²) < 4.78 is 10.1. The van der Waals surface area contributed by atoms with Gasteiger partial charge < -0.3 is 14.8 Å². The van der Waals surface area contributed by atoms with Crippen LogP contribution in [-0.2, 0) is 25.5 Å².